The van der Waals surface area contributed by atoms with Crippen molar-refractivity contribution in [2.75, 3.05) is 0 Å². The van der Waals surface area contributed by atoms with Crippen molar-refractivity contribution in [1.29, 1.82) is 0 Å². The zero-order chi connectivity index (χ0) is 23.6. The second kappa shape index (κ2) is 9.49. The van der Waals surface area contributed by atoms with Crippen molar-refractivity contribution in [3.63, 3.8) is 0 Å². The molecule has 0 spiro atoms. The molecule has 0 bridgehead atoms. The van der Waals surface area contributed by atoms with Crippen LogP contribution in [-0.4, -0.2) is 54.4 Å². The summed E-state index contributed by atoms with van der Waals surface area (Å²) in [5.74, 6) is -6.63. The van der Waals surface area contributed by atoms with E-state index in [2.05, 4.69) is 0 Å². The van der Waals surface area contributed by atoms with E-state index in [9.17, 15) is 34.5 Å². The molecule has 2 aromatic carbocycles. The molecule has 32 heavy (non-hydrogen) atoms. The van der Waals surface area contributed by atoms with Crippen molar-refractivity contribution >= 4 is 69.0 Å². The average Bonchev–Trinajstić information content (AvgIpc) is 2.99. The number of carbonyl (C=O) groups is 4. The van der Waals surface area contributed by atoms with E-state index in [-0.39, 0.29) is 21.2 Å². The maximum absolute atomic E-state index is 13.2. The van der Waals surface area contributed by atoms with Crippen molar-refractivity contribution in [3.8, 4) is 0 Å². The first-order chi connectivity index (χ1) is 15.2. The fourth-order valence-corrected chi connectivity index (χ4v) is 5.11. The van der Waals surface area contributed by atoms with Crippen LogP contribution in [-0.2, 0) is 14.4 Å². The van der Waals surface area contributed by atoms with Gasteiger partial charge in [0.2, 0.25) is 0 Å². The Labute approximate surface area is 192 Å². The predicted molar refractivity (Wildman–Crippen MR) is 123 cm³/mol. The van der Waals surface area contributed by atoms with Crippen LogP contribution < -0.4 is 0 Å². The number of aromatic carboxylic acids is 1. The molecule has 1 unspecified atom stereocenters. The summed E-state index contributed by atoms with van der Waals surface area (Å²) in [6, 6.07) is 8.86. The van der Waals surface area contributed by atoms with E-state index in [0.29, 0.717) is 22.8 Å². The Balaban J connectivity index is 2.08. The number of carboxylic acids is 3. The molecule has 1 atom stereocenters. The average molecular weight is 474 g/mol. The van der Waals surface area contributed by atoms with Crippen molar-refractivity contribution < 1.29 is 34.5 Å². The molecule has 0 aromatic heterocycles. The number of hydrogen-bond acceptors (Lipinski definition) is 6. The van der Waals surface area contributed by atoms with E-state index in [1.807, 2.05) is 0 Å². The largest absolute Gasteiger partial charge is 0.481 e. The molecule has 0 radical (unpaired) electrons. The summed E-state index contributed by atoms with van der Waals surface area (Å²) < 4.78 is 0.0610. The lowest BCUT2D eigenvalue weighted by Gasteiger charge is -2.29. The second-order valence-corrected chi connectivity index (χ2v) is 8.79. The Bertz CT molecular complexity index is 1150. The highest BCUT2D eigenvalue weighted by atomic mass is 32.2. The predicted octanol–water partition coefficient (Wildman–Crippen LogP) is 3.69. The lowest BCUT2D eigenvalue weighted by atomic mass is 9.94. The molecule has 10 heteroatoms. The minimum atomic E-state index is -1.83. The van der Waals surface area contributed by atoms with E-state index in [0.717, 1.165) is 16.7 Å². The van der Waals surface area contributed by atoms with Crippen molar-refractivity contribution in [2.24, 2.45) is 5.92 Å². The van der Waals surface area contributed by atoms with Gasteiger partial charge in [-0.25, -0.2) is 4.79 Å². The van der Waals surface area contributed by atoms with Crippen molar-refractivity contribution in [1.82, 2.24) is 4.90 Å². The Hall–Kier alpha value is -3.24. The minimum absolute atomic E-state index is 0.0610. The highest BCUT2D eigenvalue weighted by molar-refractivity contribution is 8.26. The number of nitrogens with zero attached hydrogens (tertiary/aromatic N) is 1. The van der Waals surface area contributed by atoms with Gasteiger partial charge in [0.05, 0.1) is 16.5 Å². The molecule has 1 fully saturated rings. The number of fused-ring (bicyclic) bond motifs is 1. The molecule has 1 amide bonds. The monoisotopic (exact) mass is 473 g/mol. The fourth-order valence-electron chi connectivity index (χ4n) is 3.75. The Morgan fingerprint density at radius 2 is 1.72 bits per heavy atom. The van der Waals surface area contributed by atoms with E-state index in [4.69, 9.17) is 12.2 Å². The van der Waals surface area contributed by atoms with Gasteiger partial charge in [-0.1, -0.05) is 67.7 Å². The summed E-state index contributed by atoms with van der Waals surface area (Å²) in [5.41, 5.74) is 0.562. The number of amides is 1. The number of thiocarbonyl (C=S) groups is 1. The number of rotatable bonds is 8. The zero-order valence-electron chi connectivity index (χ0n) is 16.8. The van der Waals surface area contributed by atoms with Gasteiger partial charge >= 0.3 is 17.9 Å². The topological polar surface area (TPSA) is 132 Å². The van der Waals surface area contributed by atoms with Gasteiger partial charge in [0.1, 0.15) is 4.32 Å². The van der Waals surface area contributed by atoms with E-state index in [1.54, 1.807) is 37.3 Å². The molecule has 166 valence electrons. The maximum atomic E-state index is 13.2. The first-order valence-electron chi connectivity index (χ1n) is 9.65. The van der Waals surface area contributed by atoms with E-state index in [1.165, 1.54) is 12.1 Å². The third-order valence-corrected chi connectivity index (χ3v) is 6.44. The van der Waals surface area contributed by atoms with Gasteiger partial charge in [-0.2, -0.15) is 0 Å². The van der Waals surface area contributed by atoms with Gasteiger partial charge < -0.3 is 15.3 Å². The van der Waals surface area contributed by atoms with Crippen LogP contribution in [0.5, 0.6) is 0 Å². The summed E-state index contributed by atoms with van der Waals surface area (Å²) in [4.78, 5) is 49.3. The highest BCUT2D eigenvalue weighted by Crippen LogP contribution is 2.38. The van der Waals surface area contributed by atoms with Crippen LogP contribution in [0.1, 0.15) is 35.7 Å². The van der Waals surface area contributed by atoms with E-state index < -0.39 is 35.8 Å². The van der Waals surface area contributed by atoms with Crippen LogP contribution in [0.15, 0.2) is 41.3 Å². The Kier molecular flexibility index (Phi) is 6.95. The summed E-state index contributed by atoms with van der Waals surface area (Å²) in [6.07, 6.45) is 2.09. The molecule has 3 N–H and O–H groups in total. The number of aliphatic carboxylic acids is 2. The number of carbonyl (C=O) groups excluding carboxylic acids is 1. The summed E-state index contributed by atoms with van der Waals surface area (Å²) in [6.45, 7) is 1.75. The normalized spacial score (nSPS) is 16.2. The van der Waals surface area contributed by atoms with Gasteiger partial charge in [0.15, 0.2) is 5.92 Å². The van der Waals surface area contributed by atoms with E-state index >= 15 is 0 Å². The van der Waals surface area contributed by atoms with Crippen LogP contribution in [0.2, 0.25) is 0 Å². The maximum Gasteiger partial charge on any atom is 0.336 e. The SMILES string of the molecule is CCCC(C(C(=O)O)C(=O)O)N1C(=O)/C(=C/c2cccc3cccc(C(=O)O)c23)SC1=S. The van der Waals surface area contributed by atoms with Crippen molar-refractivity contribution in [2.45, 2.75) is 25.8 Å². The quantitative estimate of drug-likeness (QED) is 0.298. The molecule has 3 rings (SSSR count). The number of hydrogen-bond donors (Lipinski definition) is 3. The van der Waals surface area contributed by atoms with Crippen molar-refractivity contribution in [3.05, 3.63) is 52.4 Å². The Morgan fingerprint density at radius 1 is 1.09 bits per heavy atom. The van der Waals surface area contributed by atoms with Gasteiger partial charge in [-0.15, -0.1) is 0 Å². The molecule has 2 aromatic rings. The Morgan fingerprint density at radius 3 is 2.28 bits per heavy atom. The third-order valence-electron chi connectivity index (χ3n) is 5.11. The number of carboxylic acid groups (broad SMARTS) is 3. The molecule has 1 aliphatic rings. The molecular formula is C22H19NO7S2. The van der Waals surface area contributed by atoms with Crippen LogP contribution in [0, 0.1) is 5.92 Å². The van der Waals surface area contributed by atoms with Crippen LogP contribution in [0.25, 0.3) is 16.8 Å². The first-order valence-corrected chi connectivity index (χ1v) is 10.9. The fraction of sp³-hybridized carbons (Fsp3) is 0.227. The minimum Gasteiger partial charge on any atom is -0.481 e. The van der Waals surface area contributed by atoms with Gasteiger partial charge in [-0.05, 0) is 29.5 Å². The molecule has 1 heterocycles. The molecule has 0 saturated carbocycles. The molecule has 1 saturated heterocycles. The molecule has 1 aliphatic heterocycles. The lowest BCUT2D eigenvalue weighted by molar-refractivity contribution is -0.157. The third kappa shape index (κ3) is 4.37. The van der Waals surface area contributed by atoms with Crippen LogP contribution >= 0.6 is 24.0 Å². The summed E-state index contributed by atoms with van der Waals surface area (Å²) in [7, 11) is 0. The van der Waals surface area contributed by atoms with Crippen LogP contribution in [0.3, 0.4) is 0 Å². The molecule has 8 nitrogen and oxygen atoms in total. The molecular weight excluding hydrogens is 454 g/mol. The standard InChI is InChI=1S/C22H19NO7S2/c1-2-5-14(17(20(27)28)21(29)30)23-18(24)15(32-22(23)31)10-12-8-3-6-11-7-4-9-13(16(11)12)19(25)26/h3-4,6-10,14,17H,2,5H2,1H3,(H,25,26)(H,27,28)(H,29,30)/b15-10-. The number of benzene rings is 2. The lowest BCUT2D eigenvalue weighted by Crippen LogP contribution is -2.48. The summed E-state index contributed by atoms with van der Waals surface area (Å²) in [5, 5.41) is 29.6. The number of thioether (sulfide) groups is 1. The summed E-state index contributed by atoms with van der Waals surface area (Å²) >= 11 is 6.23. The van der Waals surface area contributed by atoms with Gasteiger partial charge in [0, 0.05) is 5.39 Å². The molecule has 0 aliphatic carbocycles. The zero-order valence-corrected chi connectivity index (χ0v) is 18.5. The van der Waals surface area contributed by atoms with Gasteiger partial charge in [0.25, 0.3) is 5.91 Å². The first kappa shape index (κ1) is 23.4. The van der Waals surface area contributed by atoms with Crippen LogP contribution in [0.4, 0.5) is 0 Å². The smallest absolute Gasteiger partial charge is 0.336 e. The van der Waals surface area contributed by atoms with Gasteiger partial charge in [-0.3, -0.25) is 19.3 Å². The second-order valence-electron chi connectivity index (χ2n) is 7.12. The highest BCUT2D eigenvalue weighted by Gasteiger charge is 2.45.